The second kappa shape index (κ2) is 6.15. The van der Waals surface area contributed by atoms with Gasteiger partial charge in [0.25, 0.3) is 0 Å². The summed E-state index contributed by atoms with van der Waals surface area (Å²) >= 11 is 4.96. The molecular weight excluding hydrogens is 268 g/mol. The summed E-state index contributed by atoms with van der Waals surface area (Å²) in [6, 6.07) is 5.67. The number of hydrogen-bond donors (Lipinski definition) is 2. The van der Waals surface area contributed by atoms with Crippen LogP contribution in [0.5, 0.6) is 0 Å². The van der Waals surface area contributed by atoms with Gasteiger partial charge in [0, 0.05) is 23.5 Å². The van der Waals surface area contributed by atoms with Crippen LogP contribution in [0.4, 0.5) is 5.69 Å². The van der Waals surface area contributed by atoms with Gasteiger partial charge in [-0.05, 0) is 24.6 Å². The van der Waals surface area contributed by atoms with Crippen molar-refractivity contribution in [2.75, 3.05) is 23.4 Å². The minimum Gasteiger partial charge on any atom is -0.389 e. The van der Waals surface area contributed by atoms with Crippen molar-refractivity contribution >= 4 is 32.7 Å². The van der Waals surface area contributed by atoms with Gasteiger partial charge in [0.15, 0.2) is 9.84 Å². The third-order valence-corrected chi connectivity index (χ3v) is 4.53. The van der Waals surface area contributed by atoms with E-state index >= 15 is 0 Å². The fourth-order valence-electron chi connectivity index (χ4n) is 1.50. The summed E-state index contributed by atoms with van der Waals surface area (Å²) in [6.07, 6.45) is 0. The summed E-state index contributed by atoms with van der Waals surface area (Å²) < 4.78 is 22.8. The zero-order valence-electron chi connectivity index (χ0n) is 10.6. The Hall–Kier alpha value is -1.14. The van der Waals surface area contributed by atoms with Crippen molar-refractivity contribution in [3.8, 4) is 0 Å². The number of rotatable bonds is 6. The predicted molar refractivity (Wildman–Crippen MR) is 79.9 cm³/mol. The summed E-state index contributed by atoms with van der Waals surface area (Å²) in [6.45, 7) is 3.95. The Bertz CT molecular complexity index is 539. The van der Waals surface area contributed by atoms with Crippen molar-refractivity contribution < 1.29 is 8.42 Å². The first kappa shape index (κ1) is 14.9. The van der Waals surface area contributed by atoms with Crippen LogP contribution >= 0.6 is 12.2 Å². The molecule has 0 bridgehead atoms. The van der Waals surface area contributed by atoms with E-state index in [9.17, 15) is 8.42 Å². The molecule has 3 N–H and O–H groups in total. The fourth-order valence-corrected chi connectivity index (χ4v) is 2.38. The van der Waals surface area contributed by atoms with Crippen molar-refractivity contribution in [3.63, 3.8) is 0 Å². The largest absolute Gasteiger partial charge is 0.389 e. The molecule has 0 aliphatic heterocycles. The van der Waals surface area contributed by atoms with Crippen LogP contribution in [0.1, 0.15) is 18.1 Å². The van der Waals surface area contributed by atoms with Gasteiger partial charge in [0.05, 0.1) is 5.75 Å². The minimum atomic E-state index is -2.96. The average Bonchev–Trinajstić information content (AvgIpc) is 2.28. The molecule has 0 saturated carbocycles. The van der Waals surface area contributed by atoms with Crippen molar-refractivity contribution in [2.45, 2.75) is 13.8 Å². The van der Waals surface area contributed by atoms with E-state index < -0.39 is 9.84 Å². The van der Waals surface area contributed by atoms with E-state index in [1.54, 1.807) is 6.92 Å². The zero-order valence-corrected chi connectivity index (χ0v) is 12.2. The van der Waals surface area contributed by atoms with Gasteiger partial charge in [-0.25, -0.2) is 8.42 Å². The van der Waals surface area contributed by atoms with Gasteiger partial charge in [-0.2, -0.15) is 0 Å². The highest BCUT2D eigenvalue weighted by Gasteiger charge is 2.09. The molecule has 0 fully saturated rings. The Morgan fingerprint density at radius 1 is 1.44 bits per heavy atom. The molecule has 0 aromatic heterocycles. The molecule has 6 heteroatoms. The maximum atomic E-state index is 11.4. The number of nitrogens with two attached hydrogens (primary N) is 1. The second-order valence-electron chi connectivity index (χ2n) is 4.08. The van der Waals surface area contributed by atoms with E-state index in [0.717, 1.165) is 16.8 Å². The molecule has 0 spiro atoms. The summed E-state index contributed by atoms with van der Waals surface area (Å²) in [7, 11) is -2.96. The lowest BCUT2D eigenvalue weighted by atomic mass is 10.1. The smallest absolute Gasteiger partial charge is 0.151 e. The minimum absolute atomic E-state index is 0.105. The first-order valence-corrected chi connectivity index (χ1v) is 7.93. The second-order valence-corrected chi connectivity index (χ2v) is 6.99. The first-order chi connectivity index (χ1) is 8.35. The molecule has 0 unspecified atom stereocenters. The molecule has 0 aliphatic carbocycles. The van der Waals surface area contributed by atoms with E-state index in [1.165, 1.54) is 0 Å². The number of nitrogens with one attached hydrogen (secondary N) is 1. The number of thiocarbonyl (C=S) groups is 1. The highest BCUT2D eigenvalue weighted by molar-refractivity contribution is 7.91. The molecule has 1 aromatic carbocycles. The molecule has 4 nitrogen and oxygen atoms in total. The third-order valence-electron chi connectivity index (χ3n) is 2.61. The van der Waals surface area contributed by atoms with Crippen LogP contribution in [0.2, 0.25) is 0 Å². The van der Waals surface area contributed by atoms with E-state index in [-0.39, 0.29) is 11.5 Å². The van der Waals surface area contributed by atoms with Crippen molar-refractivity contribution in [1.29, 1.82) is 0 Å². The predicted octanol–water partition coefficient (Wildman–Crippen LogP) is 1.48. The SMILES string of the molecule is CCS(=O)(=O)CCNc1cc(C)ccc1C(N)=S. The molecule has 0 amide bonds. The topological polar surface area (TPSA) is 72.2 Å². The maximum Gasteiger partial charge on any atom is 0.151 e. The van der Waals surface area contributed by atoms with Crippen molar-refractivity contribution in [1.82, 2.24) is 0 Å². The molecule has 1 rings (SSSR count). The van der Waals surface area contributed by atoms with Gasteiger partial charge in [-0.3, -0.25) is 0 Å². The molecule has 18 heavy (non-hydrogen) atoms. The van der Waals surface area contributed by atoms with Gasteiger partial charge in [0.1, 0.15) is 4.99 Å². The normalized spacial score (nSPS) is 11.2. The molecule has 0 aliphatic rings. The highest BCUT2D eigenvalue weighted by Crippen LogP contribution is 2.17. The molecular formula is C12H18N2O2S2. The Morgan fingerprint density at radius 3 is 2.67 bits per heavy atom. The Labute approximate surface area is 113 Å². The molecule has 1 aromatic rings. The molecule has 0 saturated heterocycles. The number of benzene rings is 1. The van der Waals surface area contributed by atoms with Gasteiger partial charge in [-0.1, -0.05) is 25.2 Å². The lowest BCUT2D eigenvalue weighted by Gasteiger charge is -2.12. The Balaban J connectivity index is 2.78. The number of sulfone groups is 1. The van der Waals surface area contributed by atoms with Crippen molar-refractivity contribution in [3.05, 3.63) is 29.3 Å². The Morgan fingerprint density at radius 2 is 2.11 bits per heavy atom. The van der Waals surface area contributed by atoms with E-state index in [1.807, 2.05) is 25.1 Å². The third kappa shape index (κ3) is 4.27. The van der Waals surface area contributed by atoms with Crippen LogP contribution in [0.25, 0.3) is 0 Å². The molecule has 100 valence electrons. The average molecular weight is 286 g/mol. The molecule has 0 radical (unpaired) electrons. The van der Waals surface area contributed by atoms with E-state index in [4.69, 9.17) is 18.0 Å². The quantitative estimate of drug-likeness (QED) is 0.775. The van der Waals surface area contributed by atoms with Gasteiger partial charge >= 0.3 is 0 Å². The van der Waals surface area contributed by atoms with E-state index in [2.05, 4.69) is 5.32 Å². The lowest BCUT2D eigenvalue weighted by Crippen LogP contribution is -2.19. The molecule has 0 atom stereocenters. The van der Waals surface area contributed by atoms with Crippen LogP contribution in [0.15, 0.2) is 18.2 Å². The van der Waals surface area contributed by atoms with Gasteiger partial charge in [-0.15, -0.1) is 0 Å². The first-order valence-electron chi connectivity index (χ1n) is 5.70. The fraction of sp³-hybridized carbons (Fsp3) is 0.417. The number of aryl methyl sites for hydroxylation is 1. The van der Waals surface area contributed by atoms with Gasteiger partial charge < -0.3 is 11.1 Å². The highest BCUT2D eigenvalue weighted by atomic mass is 32.2. The van der Waals surface area contributed by atoms with Crippen LogP contribution in [0, 0.1) is 6.92 Å². The molecule has 0 heterocycles. The maximum absolute atomic E-state index is 11.4. The summed E-state index contributed by atoms with van der Waals surface area (Å²) in [5, 5.41) is 3.08. The monoisotopic (exact) mass is 286 g/mol. The van der Waals surface area contributed by atoms with Crippen molar-refractivity contribution in [2.24, 2.45) is 5.73 Å². The van der Waals surface area contributed by atoms with Crippen LogP contribution in [0.3, 0.4) is 0 Å². The van der Waals surface area contributed by atoms with Crippen LogP contribution in [-0.4, -0.2) is 31.5 Å². The standard InChI is InChI=1S/C12H18N2O2S2/c1-3-18(15,16)7-6-14-11-8-9(2)4-5-10(11)12(13)17/h4-5,8,14H,3,6-7H2,1-2H3,(H2,13,17). The number of hydrogen-bond acceptors (Lipinski definition) is 4. The zero-order chi connectivity index (χ0) is 13.8. The summed E-state index contributed by atoms with van der Waals surface area (Å²) in [5.41, 5.74) is 8.21. The van der Waals surface area contributed by atoms with Crippen LogP contribution < -0.4 is 11.1 Å². The van der Waals surface area contributed by atoms with Gasteiger partial charge in [0.2, 0.25) is 0 Å². The van der Waals surface area contributed by atoms with Crippen LogP contribution in [-0.2, 0) is 9.84 Å². The summed E-state index contributed by atoms with van der Waals surface area (Å²) in [4.78, 5) is 0.302. The lowest BCUT2D eigenvalue weighted by molar-refractivity contribution is 0.597. The van der Waals surface area contributed by atoms with E-state index in [0.29, 0.717) is 11.5 Å². The Kier molecular flexibility index (Phi) is 5.10. The number of anilines is 1. The summed E-state index contributed by atoms with van der Waals surface area (Å²) in [5.74, 6) is 0.263.